The molecule has 2 heterocycles. The molecule has 118 valence electrons. The lowest BCUT2D eigenvalue weighted by Crippen LogP contribution is -2.26. The van der Waals surface area contributed by atoms with Crippen molar-refractivity contribution in [3.63, 3.8) is 0 Å². The molecule has 0 unspecified atom stereocenters. The molecule has 1 saturated heterocycles. The molecule has 0 bridgehead atoms. The molecule has 6 nitrogen and oxygen atoms in total. The van der Waals surface area contributed by atoms with E-state index >= 15 is 0 Å². The van der Waals surface area contributed by atoms with E-state index in [9.17, 15) is 0 Å². The van der Waals surface area contributed by atoms with E-state index in [-0.39, 0.29) is 5.41 Å². The minimum Gasteiger partial charge on any atom is -0.476 e. The summed E-state index contributed by atoms with van der Waals surface area (Å²) in [5.74, 6) is 7.55. The van der Waals surface area contributed by atoms with E-state index < -0.39 is 0 Å². The van der Waals surface area contributed by atoms with E-state index in [1.54, 1.807) is 0 Å². The van der Waals surface area contributed by atoms with E-state index in [1.165, 1.54) is 25.9 Å². The van der Waals surface area contributed by atoms with E-state index in [4.69, 9.17) is 10.6 Å². The largest absolute Gasteiger partial charge is 0.476 e. The fourth-order valence-electron chi connectivity index (χ4n) is 2.39. The lowest BCUT2D eigenvalue weighted by Gasteiger charge is -2.21. The van der Waals surface area contributed by atoms with Crippen LogP contribution in [0.2, 0.25) is 0 Å². The second kappa shape index (κ2) is 6.58. The third-order valence-electron chi connectivity index (χ3n) is 3.75. The zero-order valence-corrected chi connectivity index (χ0v) is 13.6. The third-order valence-corrected chi connectivity index (χ3v) is 3.75. The van der Waals surface area contributed by atoms with Gasteiger partial charge in [0.25, 0.3) is 0 Å². The number of aromatic nitrogens is 2. The van der Waals surface area contributed by atoms with Gasteiger partial charge in [-0.2, -0.15) is 4.98 Å². The summed E-state index contributed by atoms with van der Waals surface area (Å²) in [4.78, 5) is 11.5. The third kappa shape index (κ3) is 4.04. The van der Waals surface area contributed by atoms with Crippen LogP contribution in [0.15, 0.2) is 0 Å². The minimum absolute atomic E-state index is 0.146. The van der Waals surface area contributed by atoms with Crippen LogP contribution in [0.3, 0.4) is 0 Å². The zero-order valence-electron chi connectivity index (χ0n) is 13.6. The number of hydrogen-bond donors (Lipinski definition) is 2. The SMILES string of the molecule is Cc1c(NN)nc(C(C)(C)C)nc1OCCN1CCCC1. The van der Waals surface area contributed by atoms with Gasteiger partial charge in [0, 0.05) is 12.0 Å². The standard InChI is InChI=1S/C15H27N5O/c1-11-12(19-16)17-14(15(2,3)4)18-13(11)21-10-9-20-7-5-6-8-20/h5-10,16H2,1-4H3,(H,17,18,19). The van der Waals surface area contributed by atoms with Crippen LogP contribution >= 0.6 is 0 Å². The van der Waals surface area contributed by atoms with Gasteiger partial charge in [-0.1, -0.05) is 20.8 Å². The maximum absolute atomic E-state index is 5.89. The van der Waals surface area contributed by atoms with Crippen LogP contribution in [0.5, 0.6) is 5.88 Å². The maximum Gasteiger partial charge on any atom is 0.221 e. The molecule has 0 aliphatic carbocycles. The topological polar surface area (TPSA) is 76.3 Å². The molecule has 6 heteroatoms. The average molecular weight is 293 g/mol. The molecule has 2 rings (SSSR count). The lowest BCUT2D eigenvalue weighted by molar-refractivity contribution is 0.229. The lowest BCUT2D eigenvalue weighted by atomic mass is 9.95. The van der Waals surface area contributed by atoms with Crippen molar-refractivity contribution in [2.24, 2.45) is 5.84 Å². The van der Waals surface area contributed by atoms with E-state index in [1.807, 2.05) is 6.92 Å². The van der Waals surface area contributed by atoms with Crippen LogP contribution in [0.25, 0.3) is 0 Å². The first-order chi connectivity index (χ1) is 9.91. The molecule has 0 atom stereocenters. The molecule has 0 radical (unpaired) electrons. The molecule has 21 heavy (non-hydrogen) atoms. The number of hydrogen-bond acceptors (Lipinski definition) is 6. The van der Waals surface area contributed by atoms with Gasteiger partial charge in [-0.15, -0.1) is 0 Å². The van der Waals surface area contributed by atoms with Gasteiger partial charge in [0.05, 0.1) is 5.56 Å². The number of nitrogens with one attached hydrogen (secondary N) is 1. The zero-order chi connectivity index (χ0) is 15.5. The van der Waals surface area contributed by atoms with Crippen molar-refractivity contribution < 1.29 is 4.74 Å². The van der Waals surface area contributed by atoms with Crippen LogP contribution < -0.4 is 16.0 Å². The summed E-state index contributed by atoms with van der Waals surface area (Å²) in [6.45, 7) is 12.1. The van der Waals surface area contributed by atoms with Crippen molar-refractivity contribution in [3.05, 3.63) is 11.4 Å². The Bertz CT molecular complexity index is 478. The maximum atomic E-state index is 5.89. The molecule has 0 amide bonds. The van der Waals surface area contributed by atoms with Crippen LogP contribution in [-0.4, -0.2) is 41.1 Å². The van der Waals surface area contributed by atoms with Gasteiger partial charge in [-0.05, 0) is 32.9 Å². The second-order valence-electron chi connectivity index (χ2n) is 6.62. The van der Waals surface area contributed by atoms with Gasteiger partial charge in [-0.25, -0.2) is 10.8 Å². The quantitative estimate of drug-likeness (QED) is 0.637. The molecular formula is C15H27N5O. The first-order valence-corrected chi connectivity index (χ1v) is 7.62. The molecule has 1 fully saturated rings. The molecule has 0 saturated carbocycles. The summed E-state index contributed by atoms with van der Waals surface area (Å²) in [5, 5.41) is 0. The molecule has 1 aromatic heterocycles. The average Bonchev–Trinajstić information content (AvgIpc) is 2.92. The highest BCUT2D eigenvalue weighted by molar-refractivity contribution is 5.48. The highest BCUT2D eigenvalue weighted by atomic mass is 16.5. The number of likely N-dealkylation sites (tertiary alicyclic amines) is 1. The summed E-state index contributed by atoms with van der Waals surface area (Å²) >= 11 is 0. The predicted molar refractivity (Wildman–Crippen MR) is 84.4 cm³/mol. The smallest absolute Gasteiger partial charge is 0.221 e. The molecule has 1 aliphatic heterocycles. The van der Waals surface area contributed by atoms with Gasteiger partial charge in [-0.3, -0.25) is 4.90 Å². The Morgan fingerprint density at radius 1 is 1.24 bits per heavy atom. The fourth-order valence-corrected chi connectivity index (χ4v) is 2.39. The Morgan fingerprint density at radius 3 is 2.48 bits per heavy atom. The Kier molecular flexibility index (Phi) is 5.00. The van der Waals surface area contributed by atoms with Gasteiger partial charge in [0.15, 0.2) is 5.82 Å². The predicted octanol–water partition coefficient (Wildman–Crippen LogP) is 1.84. The number of nitrogens with zero attached hydrogens (tertiary/aromatic N) is 3. The summed E-state index contributed by atoms with van der Waals surface area (Å²) < 4.78 is 5.89. The normalized spacial score (nSPS) is 16.2. The van der Waals surface area contributed by atoms with Crippen molar-refractivity contribution in [1.29, 1.82) is 0 Å². The summed E-state index contributed by atoms with van der Waals surface area (Å²) in [6, 6.07) is 0. The Hall–Kier alpha value is -1.40. The van der Waals surface area contributed by atoms with Crippen molar-refractivity contribution >= 4 is 5.82 Å². The molecule has 3 N–H and O–H groups in total. The number of hydrazine groups is 1. The number of anilines is 1. The van der Waals surface area contributed by atoms with Crippen molar-refractivity contribution in [1.82, 2.24) is 14.9 Å². The molecule has 1 aromatic rings. The van der Waals surface area contributed by atoms with Crippen molar-refractivity contribution in [2.45, 2.75) is 46.0 Å². The monoisotopic (exact) mass is 293 g/mol. The van der Waals surface area contributed by atoms with Gasteiger partial charge in [0.1, 0.15) is 12.4 Å². The number of rotatable bonds is 5. The van der Waals surface area contributed by atoms with Crippen molar-refractivity contribution in [2.75, 3.05) is 31.7 Å². The summed E-state index contributed by atoms with van der Waals surface area (Å²) in [6.07, 6.45) is 2.59. The Balaban J connectivity index is 2.09. The van der Waals surface area contributed by atoms with Crippen LogP contribution in [0.1, 0.15) is 45.0 Å². The van der Waals surface area contributed by atoms with Crippen LogP contribution in [0.4, 0.5) is 5.82 Å². The van der Waals surface area contributed by atoms with E-state index in [2.05, 4.69) is 41.1 Å². The molecular weight excluding hydrogens is 266 g/mol. The Morgan fingerprint density at radius 2 is 1.90 bits per heavy atom. The highest BCUT2D eigenvalue weighted by Crippen LogP contribution is 2.27. The summed E-state index contributed by atoms with van der Waals surface area (Å²) in [7, 11) is 0. The van der Waals surface area contributed by atoms with Gasteiger partial charge >= 0.3 is 0 Å². The highest BCUT2D eigenvalue weighted by Gasteiger charge is 2.22. The van der Waals surface area contributed by atoms with E-state index in [0.717, 1.165) is 17.9 Å². The van der Waals surface area contributed by atoms with Crippen LogP contribution in [0, 0.1) is 6.92 Å². The Labute approximate surface area is 127 Å². The first-order valence-electron chi connectivity index (χ1n) is 7.62. The number of nitrogen functional groups attached to an aromatic ring is 1. The number of nitrogens with two attached hydrogens (primary N) is 1. The molecule has 1 aliphatic rings. The molecule has 0 spiro atoms. The first kappa shape index (κ1) is 16.0. The molecule has 0 aromatic carbocycles. The van der Waals surface area contributed by atoms with Gasteiger partial charge < -0.3 is 10.2 Å². The minimum atomic E-state index is -0.146. The number of ether oxygens (including phenoxy) is 1. The van der Waals surface area contributed by atoms with Crippen molar-refractivity contribution in [3.8, 4) is 5.88 Å². The van der Waals surface area contributed by atoms with Gasteiger partial charge in [0.2, 0.25) is 5.88 Å². The fraction of sp³-hybridized carbons (Fsp3) is 0.733. The van der Waals surface area contributed by atoms with Crippen LogP contribution in [-0.2, 0) is 5.41 Å². The summed E-state index contributed by atoms with van der Waals surface area (Å²) in [5.41, 5.74) is 3.35. The second-order valence-corrected chi connectivity index (χ2v) is 6.62. The van der Waals surface area contributed by atoms with E-state index in [0.29, 0.717) is 18.3 Å².